The zero-order valence-corrected chi connectivity index (χ0v) is 14.3. The number of pyridine rings is 1. The Kier molecular flexibility index (Phi) is 3.88. The third kappa shape index (κ3) is 3.53. The summed E-state index contributed by atoms with van der Waals surface area (Å²) in [5.41, 5.74) is 1.44. The number of hydrogen-bond donors (Lipinski definition) is 2. The molecule has 0 atom stereocenters. The number of amides is 1. The third-order valence-corrected chi connectivity index (χ3v) is 4.40. The molecule has 23 heavy (non-hydrogen) atoms. The quantitative estimate of drug-likeness (QED) is 0.895. The minimum atomic E-state index is -0.0344. The molecule has 4 heteroatoms. The Morgan fingerprint density at radius 3 is 2.48 bits per heavy atom. The summed E-state index contributed by atoms with van der Waals surface area (Å²) in [7, 11) is 0. The highest BCUT2D eigenvalue weighted by molar-refractivity contribution is 6.05. The highest BCUT2D eigenvalue weighted by atomic mass is 16.1. The van der Waals surface area contributed by atoms with E-state index in [1.165, 1.54) is 0 Å². The standard InChI is InChI=1S/C19H25N3O/c1-18(2)11-14(12-19(3,4)22-18)21-17(23)15-9-5-7-13-8-6-10-20-16(13)15/h5-10,14,22H,11-12H2,1-4H3,(H,21,23). The lowest BCUT2D eigenvalue weighted by atomic mass is 9.79. The van der Waals surface area contributed by atoms with Gasteiger partial charge >= 0.3 is 0 Å². The molecular formula is C19H25N3O. The number of fused-ring (bicyclic) bond motifs is 1. The van der Waals surface area contributed by atoms with Crippen LogP contribution < -0.4 is 10.6 Å². The van der Waals surface area contributed by atoms with Gasteiger partial charge in [-0.25, -0.2) is 0 Å². The van der Waals surface area contributed by atoms with E-state index in [1.54, 1.807) is 6.20 Å². The zero-order valence-electron chi connectivity index (χ0n) is 14.3. The highest BCUT2D eigenvalue weighted by Gasteiger charge is 2.38. The van der Waals surface area contributed by atoms with Crippen LogP contribution in [0.25, 0.3) is 10.9 Å². The number of hydrogen-bond acceptors (Lipinski definition) is 3. The van der Waals surface area contributed by atoms with E-state index in [-0.39, 0.29) is 23.0 Å². The van der Waals surface area contributed by atoms with E-state index in [1.807, 2.05) is 30.3 Å². The summed E-state index contributed by atoms with van der Waals surface area (Å²) < 4.78 is 0. The molecule has 1 aromatic heterocycles. The van der Waals surface area contributed by atoms with Gasteiger partial charge in [0.25, 0.3) is 5.91 Å². The van der Waals surface area contributed by atoms with Crippen LogP contribution in [0.15, 0.2) is 36.5 Å². The second-order valence-corrected chi connectivity index (χ2v) is 7.85. The van der Waals surface area contributed by atoms with E-state index in [0.29, 0.717) is 5.56 Å². The maximum atomic E-state index is 12.8. The van der Waals surface area contributed by atoms with Crippen LogP contribution in [0.5, 0.6) is 0 Å². The summed E-state index contributed by atoms with van der Waals surface area (Å²) in [6.45, 7) is 8.75. The van der Waals surface area contributed by atoms with Crippen molar-refractivity contribution in [1.29, 1.82) is 0 Å². The predicted octanol–water partition coefficient (Wildman–Crippen LogP) is 3.27. The molecule has 1 aliphatic rings. The topological polar surface area (TPSA) is 54.0 Å². The van der Waals surface area contributed by atoms with Crippen molar-refractivity contribution in [3.63, 3.8) is 0 Å². The van der Waals surface area contributed by atoms with Crippen molar-refractivity contribution < 1.29 is 4.79 Å². The van der Waals surface area contributed by atoms with Crippen LogP contribution in [0, 0.1) is 0 Å². The van der Waals surface area contributed by atoms with Crippen molar-refractivity contribution >= 4 is 16.8 Å². The first-order valence-electron chi connectivity index (χ1n) is 8.20. The number of piperidine rings is 1. The highest BCUT2D eigenvalue weighted by Crippen LogP contribution is 2.29. The van der Waals surface area contributed by atoms with Crippen molar-refractivity contribution in [1.82, 2.24) is 15.6 Å². The second kappa shape index (κ2) is 5.60. The van der Waals surface area contributed by atoms with Crippen molar-refractivity contribution in [2.24, 2.45) is 0 Å². The minimum Gasteiger partial charge on any atom is -0.349 e. The maximum absolute atomic E-state index is 12.8. The van der Waals surface area contributed by atoms with Gasteiger partial charge in [-0.15, -0.1) is 0 Å². The molecule has 0 saturated carbocycles. The van der Waals surface area contributed by atoms with Gasteiger partial charge in [-0.2, -0.15) is 0 Å². The van der Waals surface area contributed by atoms with Gasteiger partial charge < -0.3 is 10.6 Å². The zero-order chi connectivity index (χ0) is 16.7. The minimum absolute atomic E-state index is 0.0106. The molecule has 3 rings (SSSR count). The van der Waals surface area contributed by atoms with Crippen LogP contribution in [0.2, 0.25) is 0 Å². The summed E-state index contributed by atoms with van der Waals surface area (Å²) in [5, 5.41) is 7.85. The van der Waals surface area contributed by atoms with E-state index < -0.39 is 0 Å². The molecule has 1 aliphatic heterocycles. The average Bonchev–Trinajstić information content (AvgIpc) is 2.43. The normalized spacial score (nSPS) is 20.3. The molecule has 2 N–H and O–H groups in total. The molecule has 1 aromatic carbocycles. The smallest absolute Gasteiger partial charge is 0.253 e. The number of aromatic nitrogens is 1. The molecule has 1 amide bonds. The number of rotatable bonds is 2. The maximum Gasteiger partial charge on any atom is 0.253 e. The molecule has 0 bridgehead atoms. The number of benzene rings is 1. The Balaban J connectivity index is 1.84. The van der Waals surface area contributed by atoms with Crippen molar-refractivity contribution in [2.45, 2.75) is 57.7 Å². The first-order valence-corrected chi connectivity index (χ1v) is 8.20. The van der Waals surface area contributed by atoms with Crippen LogP contribution in [-0.2, 0) is 0 Å². The SMILES string of the molecule is CC1(C)CC(NC(=O)c2cccc3cccnc23)CC(C)(C)N1. The van der Waals surface area contributed by atoms with Gasteiger partial charge in [0.05, 0.1) is 11.1 Å². The fourth-order valence-electron chi connectivity index (χ4n) is 3.97. The molecule has 0 spiro atoms. The summed E-state index contributed by atoms with van der Waals surface area (Å²) in [4.78, 5) is 17.2. The number of para-hydroxylation sites is 1. The molecule has 2 heterocycles. The largest absolute Gasteiger partial charge is 0.349 e. The lowest BCUT2D eigenvalue weighted by Gasteiger charge is -2.46. The van der Waals surface area contributed by atoms with Crippen LogP contribution in [0.3, 0.4) is 0 Å². The Labute approximate surface area is 137 Å². The lowest BCUT2D eigenvalue weighted by molar-refractivity contribution is 0.0874. The molecule has 2 aromatic rings. The Morgan fingerprint density at radius 2 is 1.78 bits per heavy atom. The number of carbonyl (C=O) groups excluding carboxylic acids is 1. The molecule has 1 fully saturated rings. The molecule has 122 valence electrons. The Morgan fingerprint density at radius 1 is 1.13 bits per heavy atom. The lowest BCUT2D eigenvalue weighted by Crippen LogP contribution is -2.62. The van der Waals surface area contributed by atoms with Crippen molar-refractivity contribution in [3.05, 3.63) is 42.1 Å². The van der Waals surface area contributed by atoms with Crippen molar-refractivity contribution in [3.8, 4) is 0 Å². The van der Waals surface area contributed by atoms with Crippen LogP contribution in [0.1, 0.15) is 50.9 Å². The van der Waals surface area contributed by atoms with Gasteiger partial charge in [0.15, 0.2) is 0 Å². The van der Waals surface area contributed by atoms with Gasteiger partial charge in [0.1, 0.15) is 0 Å². The summed E-state index contributed by atoms with van der Waals surface area (Å²) in [5.74, 6) is -0.0344. The van der Waals surface area contributed by atoms with Gasteiger partial charge in [-0.1, -0.05) is 18.2 Å². The Hall–Kier alpha value is -1.94. The first kappa shape index (κ1) is 15.9. The van der Waals surface area contributed by atoms with Crippen LogP contribution in [0.4, 0.5) is 0 Å². The van der Waals surface area contributed by atoms with Gasteiger partial charge in [-0.05, 0) is 52.7 Å². The summed E-state index contributed by atoms with van der Waals surface area (Å²) >= 11 is 0. The van der Waals surface area contributed by atoms with Gasteiger partial charge in [0, 0.05) is 28.7 Å². The number of nitrogens with zero attached hydrogens (tertiary/aromatic N) is 1. The van der Waals surface area contributed by atoms with Crippen LogP contribution in [-0.4, -0.2) is 28.0 Å². The molecular weight excluding hydrogens is 286 g/mol. The molecule has 4 nitrogen and oxygen atoms in total. The molecule has 1 saturated heterocycles. The first-order chi connectivity index (χ1) is 10.8. The fraction of sp³-hybridized carbons (Fsp3) is 0.474. The average molecular weight is 311 g/mol. The van der Waals surface area contributed by atoms with E-state index in [2.05, 4.69) is 43.3 Å². The predicted molar refractivity (Wildman–Crippen MR) is 93.5 cm³/mol. The van der Waals surface area contributed by atoms with E-state index in [9.17, 15) is 4.79 Å². The van der Waals surface area contributed by atoms with E-state index in [4.69, 9.17) is 0 Å². The molecule has 0 aliphatic carbocycles. The molecule has 0 radical (unpaired) electrons. The fourth-order valence-corrected chi connectivity index (χ4v) is 3.97. The third-order valence-electron chi connectivity index (χ3n) is 4.40. The van der Waals surface area contributed by atoms with E-state index >= 15 is 0 Å². The van der Waals surface area contributed by atoms with E-state index in [0.717, 1.165) is 23.7 Å². The monoisotopic (exact) mass is 311 g/mol. The van der Waals surface area contributed by atoms with Crippen LogP contribution >= 0.6 is 0 Å². The molecule has 0 unspecified atom stereocenters. The second-order valence-electron chi connectivity index (χ2n) is 7.85. The Bertz CT molecular complexity index is 715. The van der Waals surface area contributed by atoms with Gasteiger partial charge in [0.2, 0.25) is 0 Å². The van der Waals surface area contributed by atoms with Gasteiger partial charge in [-0.3, -0.25) is 9.78 Å². The summed E-state index contributed by atoms with van der Waals surface area (Å²) in [6, 6.07) is 9.78. The summed E-state index contributed by atoms with van der Waals surface area (Å²) in [6.07, 6.45) is 3.57. The number of carbonyl (C=O) groups is 1. The van der Waals surface area contributed by atoms with Crippen molar-refractivity contribution in [2.75, 3.05) is 0 Å². The number of nitrogens with one attached hydrogen (secondary N) is 2.